The van der Waals surface area contributed by atoms with E-state index in [1.807, 2.05) is 13.0 Å². The summed E-state index contributed by atoms with van der Waals surface area (Å²) < 4.78 is 33.0. The molecule has 0 aliphatic heterocycles. The Morgan fingerprint density at radius 1 is 1.06 bits per heavy atom. The van der Waals surface area contributed by atoms with E-state index in [0.29, 0.717) is 16.3 Å². The Balaban J connectivity index is 1.67. The molecule has 1 heterocycles. The molecule has 0 saturated heterocycles. The number of carbonyl (C=O) groups excluding carboxylic acids is 2. The maximum absolute atomic E-state index is 13.5. The molecule has 34 heavy (non-hydrogen) atoms. The van der Waals surface area contributed by atoms with Crippen LogP contribution in [-0.4, -0.2) is 33.9 Å². The van der Waals surface area contributed by atoms with E-state index < -0.39 is 28.4 Å². The molecular formula is C25H26N2O5S2. The van der Waals surface area contributed by atoms with E-state index in [1.54, 1.807) is 36.4 Å². The van der Waals surface area contributed by atoms with Crippen molar-refractivity contribution in [2.24, 2.45) is 0 Å². The number of anilines is 2. The van der Waals surface area contributed by atoms with E-state index in [9.17, 15) is 18.0 Å². The third-order valence-electron chi connectivity index (χ3n) is 5.72. The second-order valence-corrected chi connectivity index (χ2v) is 11.1. The lowest BCUT2D eigenvalue weighted by Gasteiger charge is -2.24. The SMILES string of the molecule is COC(=O)c1c(NC(=O)CN(c2cccc(C)c2)S(=O)(=O)c2ccccc2)sc2c1CCCC2. The van der Waals surface area contributed by atoms with Crippen LogP contribution in [0.4, 0.5) is 10.7 Å². The summed E-state index contributed by atoms with van der Waals surface area (Å²) in [7, 11) is -2.70. The molecule has 0 radical (unpaired) electrons. The zero-order valence-corrected chi connectivity index (χ0v) is 20.7. The smallest absolute Gasteiger partial charge is 0.341 e. The highest BCUT2D eigenvalue weighted by Gasteiger charge is 2.30. The van der Waals surface area contributed by atoms with Crippen LogP contribution in [0.3, 0.4) is 0 Å². The quantitative estimate of drug-likeness (QED) is 0.482. The number of thiophene rings is 1. The number of nitrogens with zero attached hydrogens (tertiary/aromatic N) is 1. The minimum Gasteiger partial charge on any atom is -0.465 e. The Kier molecular flexibility index (Phi) is 7.04. The van der Waals surface area contributed by atoms with Crippen molar-refractivity contribution < 1.29 is 22.7 Å². The first-order chi connectivity index (χ1) is 16.3. The zero-order chi connectivity index (χ0) is 24.3. The number of carbonyl (C=O) groups is 2. The molecule has 9 heteroatoms. The van der Waals surface area contributed by atoms with E-state index in [2.05, 4.69) is 5.32 Å². The van der Waals surface area contributed by atoms with E-state index in [-0.39, 0.29) is 4.90 Å². The second kappa shape index (κ2) is 9.99. The highest BCUT2D eigenvalue weighted by molar-refractivity contribution is 7.92. The molecular weight excluding hydrogens is 472 g/mol. The number of methoxy groups -OCH3 is 1. The van der Waals surface area contributed by atoms with Crippen molar-refractivity contribution in [3.8, 4) is 0 Å². The third-order valence-corrected chi connectivity index (χ3v) is 8.72. The van der Waals surface area contributed by atoms with Crippen molar-refractivity contribution in [2.75, 3.05) is 23.3 Å². The van der Waals surface area contributed by atoms with Crippen molar-refractivity contribution in [3.05, 3.63) is 76.2 Å². The summed E-state index contributed by atoms with van der Waals surface area (Å²) in [6.45, 7) is 1.42. The van der Waals surface area contributed by atoms with Gasteiger partial charge in [-0.25, -0.2) is 13.2 Å². The van der Waals surface area contributed by atoms with Gasteiger partial charge in [0.25, 0.3) is 10.0 Å². The summed E-state index contributed by atoms with van der Waals surface area (Å²) in [6, 6.07) is 15.0. The van der Waals surface area contributed by atoms with Crippen LogP contribution in [0.25, 0.3) is 0 Å². The number of benzene rings is 2. The maximum atomic E-state index is 13.5. The molecule has 1 aliphatic carbocycles. The fraction of sp³-hybridized carbons (Fsp3) is 0.280. The molecule has 2 aromatic carbocycles. The standard InChI is InChI=1S/C25H26N2O5S2/c1-17-9-8-10-18(15-17)27(34(30,31)19-11-4-3-5-12-19)16-22(28)26-24-23(25(29)32-2)20-13-6-7-14-21(20)33-24/h3-5,8-12,15H,6-7,13-14,16H2,1-2H3,(H,26,28). The van der Waals surface area contributed by atoms with E-state index >= 15 is 0 Å². The first-order valence-electron chi connectivity index (χ1n) is 11.0. The summed E-state index contributed by atoms with van der Waals surface area (Å²) in [5.74, 6) is -1.04. The normalized spacial score (nSPS) is 13.1. The summed E-state index contributed by atoms with van der Waals surface area (Å²) in [4.78, 5) is 26.8. The predicted molar refractivity (Wildman–Crippen MR) is 133 cm³/mol. The van der Waals surface area contributed by atoms with Crippen LogP contribution in [0.2, 0.25) is 0 Å². The van der Waals surface area contributed by atoms with E-state index in [4.69, 9.17) is 4.74 Å². The van der Waals surface area contributed by atoms with E-state index in [1.165, 1.54) is 30.6 Å². The molecule has 0 unspecified atom stereocenters. The van der Waals surface area contributed by atoms with Gasteiger partial charge in [0.15, 0.2) is 0 Å². The molecule has 0 atom stereocenters. The summed E-state index contributed by atoms with van der Waals surface area (Å²) in [5, 5.41) is 3.20. The minimum atomic E-state index is -4.01. The van der Waals surface area contributed by atoms with E-state index in [0.717, 1.165) is 46.0 Å². The van der Waals surface area contributed by atoms with Gasteiger partial charge in [0, 0.05) is 4.88 Å². The Bertz CT molecular complexity index is 1320. The van der Waals surface area contributed by atoms with Gasteiger partial charge in [-0.1, -0.05) is 30.3 Å². The van der Waals surface area contributed by atoms with Crippen LogP contribution in [0.15, 0.2) is 59.5 Å². The van der Waals surface area contributed by atoms with Crippen molar-refractivity contribution in [3.63, 3.8) is 0 Å². The number of fused-ring (bicyclic) bond motifs is 1. The fourth-order valence-electron chi connectivity index (χ4n) is 4.09. The van der Waals surface area contributed by atoms with Gasteiger partial charge in [-0.05, 0) is 68.0 Å². The van der Waals surface area contributed by atoms with Gasteiger partial charge >= 0.3 is 5.97 Å². The van der Waals surface area contributed by atoms with Gasteiger partial charge in [-0.15, -0.1) is 11.3 Å². The number of esters is 1. The molecule has 1 aliphatic rings. The first-order valence-corrected chi connectivity index (χ1v) is 13.2. The van der Waals surface area contributed by atoms with Crippen LogP contribution in [0.1, 0.15) is 39.2 Å². The summed E-state index contributed by atoms with van der Waals surface area (Å²) >= 11 is 1.36. The average molecular weight is 499 g/mol. The van der Waals surface area contributed by atoms with Gasteiger partial charge in [0.2, 0.25) is 5.91 Å². The number of nitrogens with one attached hydrogen (secondary N) is 1. The van der Waals surface area contributed by atoms with Gasteiger partial charge in [-0.3, -0.25) is 9.10 Å². The highest BCUT2D eigenvalue weighted by Crippen LogP contribution is 2.38. The van der Waals surface area contributed by atoms with Crippen LogP contribution in [0.5, 0.6) is 0 Å². The van der Waals surface area contributed by atoms with Crippen molar-refractivity contribution >= 4 is 43.9 Å². The van der Waals surface area contributed by atoms with Crippen LogP contribution in [-0.2, 0) is 32.4 Å². The lowest BCUT2D eigenvalue weighted by molar-refractivity contribution is -0.114. The lowest BCUT2D eigenvalue weighted by atomic mass is 9.95. The number of sulfonamides is 1. The Morgan fingerprint density at radius 3 is 2.50 bits per heavy atom. The molecule has 4 rings (SSSR count). The molecule has 0 bridgehead atoms. The first kappa shape index (κ1) is 24.0. The fourth-order valence-corrected chi connectivity index (χ4v) is 6.81. The number of amides is 1. The molecule has 3 aromatic rings. The van der Waals surface area contributed by atoms with Gasteiger partial charge in [-0.2, -0.15) is 0 Å². The predicted octanol–water partition coefficient (Wildman–Crippen LogP) is 4.56. The summed E-state index contributed by atoms with van der Waals surface area (Å²) in [5.41, 5.74) is 2.55. The number of ether oxygens (including phenoxy) is 1. The number of aryl methyl sites for hydroxylation is 2. The molecule has 0 saturated carbocycles. The third kappa shape index (κ3) is 4.85. The maximum Gasteiger partial charge on any atom is 0.341 e. The van der Waals surface area contributed by atoms with Gasteiger partial charge in [0.1, 0.15) is 11.5 Å². The van der Waals surface area contributed by atoms with Crippen LogP contribution in [0, 0.1) is 6.92 Å². The average Bonchev–Trinajstić information content (AvgIpc) is 3.20. The topological polar surface area (TPSA) is 92.8 Å². The van der Waals surface area contributed by atoms with Crippen LogP contribution < -0.4 is 9.62 Å². The summed E-state index contributed by atoms with van der Waals surface area (Å²) in [6.07, 6.45) is 3.59. The zero-order valence-electron chi connectivity index (χ0n) is 19.0. The molecule has 178 valence electrons. The van der Waals surface area contributed by atoms with Crippen molar-refractivity contribution in [2.45, 2.75) is 37.5 Å². The Morgan fingerprint density at radius 2 is 1.79 bits per heavy atom. The Labute approximate surface area is 203 Å². The van der Waals surface area contributed by atoms with Crippen molar-refractivity contribution in [1.29, 1.82) is 0 Å². The Hall–Kier alpha value is -3.17. The van der Waals surface area contributed by atoms with Gasteiger partial charge in [0.05, 0.1) is 23.3 Å². The second-order valence-electron chi connectivity index (χ2n) is 8.12. The number of rotatable bonds is 7. The molecule has 0 spiro atoms. The minimum absolute atomic E-state index is 0.0890. The molecule has 1 aromatic heterocycles. The molecule has 1 amide bonds. The van der Waals surface area contributed by atoms with Gasteiger partial charge < -0.3 is 10.1 Å². The molecule has 7 nitrogen and oxygen atoms in total. The van der Waals surface area contributed by atoms with Crippen molar-refractivity contribution in [1.82, 2.24) is 0 Å². The largest absolute Gasteiger partial charge is 0.465 e. The number of hydrogen-bond acceptors (Lipinski definition) is 6. The van der Waals surface area contributed by atoms with Crippen LogP contribution >= 0.6 is 11.3 Å². The molecule has 0 fully saturated rings. The lowest BCUT2D eigenvalue weighted by Crippen LogP contribution is -2.38. The number of hydrogen-bond donors (Lipinski definition) is 1. The molecule has 1 N–H and O–H groups in total. The monoisotopic (exact) mass is 498 g/mol. The highest BCUT2D eigenvalue weighted by atomic mass is 32.2.